The van der Waals surface area contributed by atoms with Gasteiger partial charge in [0.2, 0.25) is 0 Å². The van der Waals surface area contributed by atoms with Gasteiger partial charge in [0.25, 0.3) is 0 Å². The van der Waals surface area contributed by atoms with E-state index in [-0.39, 0.29) is 5.41 Å². The fraction of sp³-hybridized carbons (Fsp3) is 0.478. The molecule has 1 aromatic carbocycles. The number of imidazole rings is 1. The Morgan fingerprint density at radius 3 is 2.63 bits per heavy atom. The van der Waals surface area contributed by atoms with E-state index >= 15 is 0 Å². The largest absolute Gasteiger partial charge is 0.381 e. The van der Waals surface area contributed by atoms with Gasteiger partial charge in [0, 0.05) is 42.5 Å². The summed E-state index contributed by atoms with van der Waals surface area (Å²) in [6.07, 6.45) is 5.38. The molecule has 4 rings (SSSR count). The molecule has 5 nitrogen and oxygen atoms in total. The molecule has 0 saturated carbocycles. The Morgan fingerprint density at radius 1 is 1.23 bits per heavy atom. The third kappa shape index (κ3) is 4.18. The minimum atomic E-state index is -1.39. The summed E-state index contributed by atoms with van der Waals surface area (Å²) in [5.74, 6) is 1.65. The monoisotopic (exact) mass is 445 g/mol. The maximum Gasteiger partial charge on any atom is 0.115 e. The average Bonchev–Trinajstić information content (AvgIpc) is 3.06. The Bertz CT molecular complexity index is 1080. The van der Waals surface area contributed by atoms with Crippen molar-refractivity contribution in [1.29, 1.82) is 0 Å². The lowest BCUT2D eigenvalue weighted by Crippen LogP contribution is -2.25. The summed E-state index contributed by atoms with van der Waals surface area (Å²) in [6, 6.07) is 5.93. The number of benzene rings is 1. The first-order chi connectivity index (χ1) is 14.3. The van der Waals surface area contributed by atoms with Gasteiger partial charge in [-0.2, -0.15) is 0 Å². The zero-order valence-electron chi connectivity index (χ0n) is 17.9. The zero-order valence-corrected chi connectivity index (χ0v) is 19.5. The highest BCUT2D eigenvalue weighted by molar-refractivity contribution is 7.85. The molecule has 0 amide bonds. The van der Waals surface area contributed by atoms with Gasteiger partial charge in [0.15, 0.2) is 0 Å². The molecule has 0 bridgehead atoms. The molecule has 1 unspecified atom stereocenters. The van der Waals surface area contributed by atoms with Crippen LogP contribution in [0.25, 0.3) is 11.0 Å². The summed E-state index contributed by atoms with van der Waals surface area (Å²) >= 11 is 6.30. The second-order valence-electron chi connectivity index (χ2n) is 9.04. The Balaban J connectivity index is 1.77. The molecular weight excluding hydrogens is 418 g/mol. The normalized spacial score (nSPS) is 16.8. The second kappa shape index (κ2) is 8.40. The van der Waals surface area contributed by atoms with Crippen LogP contribution in [0, 0.1) is 12.8 Å². The highest BCUT2D eigenvalue weighted by Crippen LogP contribution is 2.32. The Hall–Kier alpha value is -1.76. The molecule has 1 aliphatic rings. The first kappa shape index (κ1) is 21.5. The fourth-order valence-electron chi connectivity index (χ4n) is 4.04. The van der Waals surface area contributed by atoms with E-state index < -0.39 is 10.8 Å². The third-order valence-corrected chi connectivity index (χ3v) is 7.60. The van der Waals surface area contributed by atoms with E-state index in [0.29, 0.717) is 20.7 Å². The summed E-state index contributed by atoms with van der Waals surface area (Å²) in [7, 11) is -1.39. The predicted octanol–water partition coefficient (Wildman–Crippen LogP) is 5.28. The first-order valence-electron chi connectivity index (χ1n) is 10.4. The lowest BCUT2D eigenvalue weighted by molar-refractivity contribution is 0.0611. The minimum absolute atomic E-state index is 0.0888. The van der Waals surface area contributed by atoms with Crippen molar-refractivity contribution in [3.63, 3.8) is 0 Å². The van der Waals surface area contributed by atoms with Crippen LogP contribution in [-0.4, -0.2) is 32.0 Å². The van der Waals surface area contributed by atoms with Crippen molar-refractivity contribution in [2.75, 3.05) is 13.2 Å². The third-order valence-electron chi connectivity index (χ3n) is 5.60. The van der Waals surface area contributed by atoms with Gasteiger partial charge in [-0.3, -0.25) is 4.98 Å². The van der Waals surface area contributed by atoms with Crippen molar-refractivity contribution < 1.29 is 8.95 Å². The lowest BCUT2D eigenvalue weighted by Gasteiger charge is -2.26. The van der Waals surface area contributed by atoms with Crippen molar-refractivity contribution in [2.24, 2.45) is 5.92 Å². The summed E-state index contributed by atoms with van der Waals surface area (Å²) in [6.45, 7) is 11.0. The summed E-state index contributed by atoms with van der Waals surface area (Å²) in [4.78, 5) is 10.4. The standard InChI is InChI=1S/C23H28ClN3O2S/c1-15-12-25-13-18(24)21(15)30(28)17-5-6-20-19(11-17)26-22(23(2,3)4)27(20)14-16-7-9-29-10-8-16/h5-6,11-13,16H,7-10,14H2,1-4H3. The van der Waals surface area contributed by atoms with E-state index in [9.17, 15) is 4.21 Å². The molecule has 3 heterocycles. The van der Waals surface area contributed by atoms with Crippen LogP contribution in [0.4, 0.5) is 0 Å². The minimum Gasteiger partial charge on any atom is -0.381 e. The van der Waals surface area contributed by atoms with Crippen LogP contribution in [0.1, 0.15) is 45.0 Å². The molecule has 160 valence electrons. The van der Waals surface area contributed by atoms with Crippen LogP contribution in [-0.2, 0) is 27.5 Å². The molecule has 1 saturated heterocycles. The number of halogens is 1. The van der Waals surface area contributed by atoms with E-state index in [1.165, 1.54) is 0 Å². The van der Waals surface area contributed by atoms with Gasteiger partial charge in [0.1, 0.15) is 5.82 Å². The first-order valence-corrected chi connectivity index (χ1v) is 11.9. The summed E-state index contributed by atoms with van der Waals surface area (Å²) in [5.41, 5.74) is 2.70. The van der Waals surface area contributed by atoms with Crippen molar-refractivity contribution in [1.82, 2.24) is 14.5 Å². The van der Waals surface area contributed by atoms with E-state index in [4.69, 9.17) is 21.3 Å². The number of fused-ring (bicyclic) bond motifs is 1. The maximum atomic E-state index is 13.3. The number of aryl methyl sites for hydroxylation is 1. The molecule has 0 spiro atoms. The fourth-order valence-corrected chi connectivity index (χ4v) is 5.68. The SMILES string of the molecule is Cc1cncc(Cl)c1S(=O)c1ccc2c(c1)nc(C(C)(C)C)n2CC1CCOCC1. The second-order valence-corrected chi connectivity index (χ2v) is 10.9. The zero-order chi connectivity index (χ0) is 21.5. The van der Waals surface area contributed by atoms with Gasteiger partial charge in [-0.05, 0) is 49.4 Å². The predicted molar refractivity (Wildman–Crippen MR) is 121 cm³/mol. The highest BCUT2D eigenvalue weighted by Gasteiger charge is 2.26. The molecule has 1 aliphatic heterocycles. The Kier molecular flexibility index (Phi) is 6.02. The van der Waals surface area contributed by atoms with Gasteiger partial charge < -0.3 is 9.30 Å². The molecule has 30 heavy (non-hydrogen) atoms. The lowest BCUT2D eigenvalue weighted by atomic mass is 9.94. The number of nitrogens with zero attached hydrogens (tertiary/aromatic N) is 3. The maximum absolute atomic E-state index is 13.3. The molecule has 2 aromatic heterocycles. The van der Waals surface area contributed by atoms with E-state index in [1.54, 1.807) is 12.4 Å². The highest BCUT2D eigenvalue weighted by atomic mass is 35.5. The molecule has 0 aliphatic carbocycles. The van der Waals surface area contributed by atoms with Crippen LogP contribution in [0.3, 0.4) is 0 Å². The number of pyridine rings is 1. The molecule has 0 N–H and O–H groups in total. The average molecular weight is 446 g/mol. The quantitative estimate of drug-likeness (QED) is 0.547. The van der Waals surface area contributed by atoms with Gasteiger partial charge in [-0.25, -0.2) is 9.19 Å². The van der Waals surface area contributed by atoms with Gasteiger partial charge >= 0.3 is 0 Å². The molecular formula is C23H28ClN3O2S. The molecule has 1 atom stereocenters. The molecule has 3 aromatic rings. The van der Waals surface area contributed by atoms with Crippen LogP contribution < -0.4 is 0 Å². The smallest absolute Gasteiger partial charge is 0.115 e. The van der Waals surface area contributed by atoms with E-state index in [0.717, 1.165) is 55.0 Å². The molecule has 0 radical (unpaired) electrons. The van der Waals surface area contributed by atoms with Crippen molar-refractivity contribution in [2.45, 2.75) is 62.3 Å². The van der Waals surface area contributed by atoms with Crippen LogP contribution in [0.2, 0.25) is 5.02 Å². The number of rotatable bonds is 4. The van der Waals surface area contributed by atoms with E-state index in [2.05, 4.69) is 36.4 Å². The Labute approximate surface area is 185 Å². The van der Waals surface area contributed by atoms with Gasteiger partial charge in [-0.15, -0.1) is 0 Å². The number of hydrogen-bond donors (Lipinski definition) is 0. The van der Waals surface area contributed by atoms with E-state index in [1.807, 2.05) is 19.1 Å². The van der Waals surface area contributed by atoms with Gasteiger partial charge in [0.05, 0.1) is 31.8 Å². The number of ether oxygens (including phenoxy) is 1. The van der Waals surface area contributed by atoms with Crippen molar-refractivity contribution in [3.8, 4) is 0 Å². The number of hydrogen-bond acceptors (Lipinski definition) is 4. The summed E-state index contributed by atoms with van der Waals surface area (Å²) < 4.78 is 21.2. The van der Waals surface area contributed by atoms with Crippen molar-refractivity contribution in [3.05, 3.63) is 47.0 Å². The molecule has 1 fully saturated rings. The van der Waals surface area contributed by atoms with Crippen LogP contribution >= 0.6 is 11.6 Å². The van der Waals surface area contributed by atoms with Crippen molar-refractivity contribution >= 4 is 33.4 Å². The number of aromatic nitrogens is 3. The Morgan fingerprint density at radius 2 is 1.97 bits per heavy atom. The topological polar surface area (TPSA) is 57.0 Å². The van der Waals surface area contributed by atoms with Crippen LogP contribution in [0.5, 0.6) is 0 Å². The molecule has 7 heteroatoms. The summed E-state index contributed by atoms with van der Waals surface area (Å²) in [5, 5.41) is 0.425. The van der Waals surface area contributed by atoms with Gasteiger partial charge in [-0.1, -0.05) is 32.4 Å². The van der Waals surface area contributed by atoms with Crippen LogP contribution in [0.15, 0.2) is 40.4 Å².